The summed E-state index contributed by atoms with van der Waals surface area (Å²) in [4.78, 5) is 7.56. The van der Waals surface area contributed by atoms with E-state index in [-0.39, 0.29) is 5.41 Å². The topological polar surface area (TPSA) is 16.1 Å². The lowest BCUT2D eigenvalue weighted by molar-refractivity contribution is 0.660. The minimum absolute atomic E-state index is 0.124. The highest BCUT2D eigenvalue weighted by atomic mass is 32.1. The molecule has 56 heavy (non-hydrogen) atoms. The van der Waals surface area contributed by atoms with Crippen LogP contribution in [0.3, 0.4) is 0 Å². The molecule has 0 unspecified atom stereocenters. The molecule has 0 aliphatic heterocycles. The summed E-state index contributed by atoms with van der Waals surface area (Å²) in [6, 6.07) is 67.7. The summed E-state index contributed by atoms with van der Waals surface area (Å²) in [6.45, 7) is 4.73. The quantitative estimate of drug-likeness (QED) is 0.179. The first-order valence-corrected chi connectivity index (χ1v) is 20.3. The van der Waals surface area contributed by atoms with Crippen LogP contribution in [0.5, 0.6) is 0 Å². The second-order valence-corrected chi connectivity index (χ2v) is 16.9. The summed E-state index contributed by atoms with van der Waals surface area (Å²) in [5, 5.41) is 1.04. The molecule has 0 atom stereocenters. The molecule has 3 aliphatic carbocycles. The highest BCUT2D eigenvalue weighted by Gasteiger charge is 2.51. The zero-order valence-corrected chi connectivity index (χ0v) is 31.9. The number of thiazole rings is 1. The first-order valence-electron chi connectivity index (χ1n) is 19.5. The van der Waals surface area contributed by atoms with Gasteiger partial charge in [0.1, 0.15) is 5.01 Å². The highest BCUT2D eigenvalue weighted by molar-refractivity contribution is 7.21. The number of benzene rings is 8. The van der Waals surface area contributed by atoms with E-state index in [0.29, 0.717) is 0 Å². The highest BCUT2D eigenvalue weighted by Crippen LogP contribution is 2.63. The Kier molecular flexibility index (Phi) is 6.52. The SMILES string of the molecule is CC1(C)c2ccccc2-c2ccc(N(c3ccc4c(c3)C3(c5ccccc5-c5ccccc53)c3ccccc3-4)c3ccc4nc(-c5ccccc5)sc4c3)cc21. The molecule has 12 rings (SSSR count). The Balaban J connectivity index is 1.11. The van der Waals surface area contributed by atoms with Crippen molar-refractivity contribution in [3.8, 4) is 44.0 Å². The molecule has 9 aromatic rings. The summed E-state index contributed by atoms with van der Waals surface area (Å²) < 4.78 is 1.17. The number of anilines is 3. The Hall–Kier alpha value is -6.55. The summed E-state index contributed by atoms with van der Waals surface area (Å²) in [6.07, 6.45) is 0. The molecule has 0 fully saturated rings. The van der Waals surface area contributed by atoms with E-state index in [0.717, 1.165) is 33.1 Å². The third-order valence-electron chi connectivity index (χ3n) is 12.7. The fourth-order valence-corrected chi connectivity index (χ4v) is 11.3. The van der Waals surface area contributed by atoms with Gasteiger partial charge in [-0.3, -0.25) is 0 Å². The van der Waals surface area contributed by atoms with Gasteiger partial charge < -0.3 is 4.90 Å². The number of hydrogen-bond acceptors (Lipinski definition) is 3. The van der Waals surface area contributed by atoms with E-state index in [1.165, 1.54) is 71.5 Å². The zero-order valence-electron chi connectivity index (χ0n) is 31.1. The van der Waals surface area contributed by atoms with E-state index in [1.807, 2.05) is 0 Å². The Morgan fingerprint density at radius 3 is 1.46 bits per heavy atom. The van der Waals surface area contributed by atoms with Crippen LogP contribution in [0, 0.1) is 0 Å². The van der Waals surface area contributed by atoms with Gasteiger partial charge in [0.05, 0.1) is 15.6 Å². The molecular weight excluding hydrogens is 697 g/mol. The molecule has 8 aromatic carbocycles. The van der Waals surface area contributed by atoms with Gasteiger partial charge in [-0.15, -0.1) is 11.3 Å². The van der Waals surface area contributed by atoms with Crippen molar-refractivity contribution in [3.63, 3.8) is 0 Å². The summed E-state index contributed by atoms with van der Waals surface area (Å²) in [5.41, 5.74) is 21.1. The molecule has 0 N–H and O–H groups in total. The molecule has 0 amide bonds. The third-order valence-corrected chi connectivity index (χ3v) is 13.8. The van der Waals surface area contributed by atoms with Crippen molar-refractivity contribution in [1.29, 1.82) is 0 Å². The lowest BCUT2D eigenvalue weighted by atomic mass is 9.70. The molecule has 1 spiro atoms. The molecule has 3 aliphatic rings. The van der Waals surface area contributed by atoms with Crippen molar-refractivity contribution in [2.75, 3.05) is 4.90 Å². The van der Waals surface area contributed by atoms with Crippen LogP contribution in [0.2, 0.25) is 0 Å². The predicted molar refractivity (Wildman–Crippen MR) is 234 cm³/mol. The molecule has 264 valence electrons. The van der Waals surface area contributed by atoms with Gasteiger partial charge in [0.2, 0.25) is 0 Å². The Morgan fingerprint density at radius 1 is 0.411 bits per heavy atom. The van der Waals surface area contributed by atoms with Gasteiger partial charge in [0.25, 0.3) is 0 Å². The fourth-order valence-electron chi connectivity index (χ4n) is 10.3. The van der Waals surface area contributed by atoms with Crippen molar-refractivity contribution >= 4 is 38.6 Å². The van der Waals surface area contributed by atoms with Crippen LogP contribution >= 0.6 is 11.3 Å². The van der Waals surface area contributed by atoms with Gasteiger partial charge in [-0.25, -0.2) is 4.98 Å². The normalized spacial score (nSPS) is 14.5. The van der Waals surface area contributed by atoms with Crippen LogP contribution in [0.4, 0.5) is 17.1 Å². The van der Waals surface area contributed by atoms with Crippen LogP contribution in [0.15, 0.2) is 182 Å². The molecule has 0 radical (unpaired) electrons. The van der Waals surface area contributed by atoms with Crippen molar-refractivity contribution in [1.82, 2.24) is 4.98 Å². The van der Waals surface area contributed by atoms with E-state index < -0.39 is 5.41 Å². The maximum Gasteiger partial charge on any atom is 0.124 e. The van der Waals surface area contributed by atoms with Crippen molar-refractivity contribution in [3.05, 3.63) is 215 Å². The predicted octanol–water partition coefficient (Wildman–Crippen LogP) is 14.1. The number of nitrogens with zero attached hydrogens (tertiary/aromatic N) is 2. The minimum atomic E-state index is -0.422. The summed E-state index contributed by atoms with van der Waals surface area (Å²) in [7, 11) is 0. The average Bonchev–Trinajstić information content (AvgIpc) is 3.96. The zero-order chi connectivity index (χ0) is 37.2. The van der Waals surface area contributed by atoms with Crippen LogP contribution in [-0.2, 0) is 10.8 Å². The van der Waals surface area contributed by atoms with Crippen LogP contribution in [0.1, 0.15) is 47.2 Å². The Bertz CT molecular complexity index is 3020. The fraction of sp³-hybridized carbons (Fsp3) is 0.0755. The molecule has 1 heterocycles. The number of rotatable bonds is 4. The molecule has 2 nitrogen and oxygen atoms in total. The smallest absolute Gasteiger partial charge is 0.124 e. The molecule has 0 bridgehead atoms. The van der Waals surface area contributed by atoms with Crippen molar-refractivity contribution in [2.24, 2.45) is 0 Å². The van der Waals surface area contributed by atoms with E-state index >= 15 is 0 Å². The van der Waals surface area contributed by atoms with Gasteiger partial charge >= 0.3 is 0 Å². The van der Waals surface area contributed by atoms with Gasteiger partial charge in [-0.2, -0.15) is 0 Å². The van der Waals surface area contributed by atoms with Crippen LogP contribution in [-0.4, -0.2) is 4.98 Å². The van der Waals surface area contributed by atoms with Gasteiger partial charge in [-0.05, 0) is 109 Å². The van der Waals surface area contributed by atoms with Crippen molar-refractivity contribution in [2.45, 2.75) is 24.7 Å². The second kappa shape index (κ2) is 11.5. The lowest BCUT2D eigenvalue weighted by Crippen LogP contribution is -2.26. The van der Waals surface area contributed by atoms with Gasteiger partial charge in [0.15, 0.2) is 0 Å². The molecule has 0 saturated heterocycles. The maximum atomic E-state index is 5.08. The minimum Gasteiger partial charge on any atom is -0.310 e. The van der Waals surface area contributed by atoms with E-state index in [4.69, 9.17) is 4.98 Å². The first-order chi connectivity index (χ1) is 27.5. The van der Waals surface area contributed by atoms with Crippen molar-refractivity contribution < 1.29 is 0 Å². The third kappa shape index (κ3) is 4.18. The van der Waals surface area contributed by atoms with Crippen LogP contribution in [0.25, 0.3) is 54.2 Å². The largest absolute Gasteiger partial charge is 0.310 e. The monoisotopic (exact) mass is 732 g/mol. The van der Waals surface area contributed by atoms with E-state index in [1.54, 1.807) is 11.3 Å². The van der Waals surface area contributed by atoms with E-state index in [2.05, 4.69) is 201 Å². The molecule has 0 saturated carbocycles. The second-order valence-electron chi connectivity index (χ2n) is 15.9. The average molecular weight is 733 g/mol. The van der Waals surface area contributed by atoms with Crippen LogP contribution < -0.4 is 4.90 Å². The van der Waals surface area contributed by atoms with E-state index in [9.17, 15) is 0 Å². The number of hydrogen-bond donors (Lipinski definition) is 0. The number of aromatic nitrogens is 1. The Labute approximate surface area is 331 Å². The molecular formula is C53H36N2S. The van der Waals surface area contributed by atoms with Gasteiger partial charge in [0, 0.05) is 28.0 Å². The summed E-state index contributed by atoms with van der Waals surface area (Å²) in [5.74, 6) is 0. The maximum absolute atomic E-state index is 5.08. The van der Waals surface area contributed by atoms with Gasteiger partial charge in [-0.1, -0.05) is 153 Å². The standard InChI is InChI=1S/C53H36N2S/c1-52(2)43-20-10-6-16-37(43)41-27-24-34(30-47(41)52)55(36-26-29-49-50(32-36)56-51(54-49)33-14-4-3-5-15-33)35-25-28-42-40-19-9-13-23-46(40)53(48(42)31-35)44-21-11-7-17-38(44)39-18-8-12-22-45(39)53/h3-32H,1-2H3. The lowest BCUT2D eigenvalue weighted by Gasteiger charge is -2.32. The summed E-state index contributed by atoms with van der Waals surface area (Å²) >= 11 is 1.76. The first kappa shape index (κ1) is 31.8. The number of fused-ring (bicyclic) bond motifs is 14. The Morgan fingerprint density at radius 2 is 0.857 bits per heavy atom. The molecule has 3 heteroatoms. The molecule has 1 aromatic heterocycles.